The highest BCUT2D eigenvalue weighted by atomic mass is 19.4. The summed E-state index contributed by atoms with van der Waals surface area (Å²) in [5.41, 5.74) is 0.791. The summed E-state index contributed by atoms with van der Waals surface area (Å²) in [6.07, 6.45) is 0.256. The summed E-state index contributed by atoms with van der Waals surface area (Å²) in [6.45, 7) is 2.87. The van der Waals surface area contributed by atoms with Crippen LogP contribution in [0.15, 0.2) is 18.3 Å². The Kier molecular flexibility index (Phi) is 5.92. The van der Waals surface area contributed by atoms with Gasteiger partial charge in [-0.05, 0) is 18.9 Å². The summed E-state index contributed by atoms with van der Waals surface area (Å²) >= 11 is 0. The molecule has 6 heteroatoms. The first-order chi connectivity index (χ1) is 8.94. The zero-order valence-electron chi connectivity index (χ0n) is 11.1. The molecule has 1 atom stereocenters. The largest absolute Gasteiger partial charge is 0.468 e. The summed E-state index contributed by atoms with van der Waals surface area (Å²) in [5, 5.41) is 3.29. The molecular formula is C13H19F3N2O. The molecule has 0 aromatic carbocycles. The van der Waals surface area contributed by atoms with Gasteiger partial charge in [0.2, 0.25) is 5.88 Å². The van der Waals surface area contributed by atoms with Gasteiger partial charge in [0.25, 0.3) is 0 Å². The van der Waals surface area contributed by atoms with Crippen LogP contribution >= 0.6 is 0 Å². The van der Waals surface area contributed by atoms with Crippen LogP contribution in [-0.2, 0) is 0 Å². The minimum Gasteiger partial charge on any atom is -0.468 e. The van der Waals surface area contributed by atoms with E-state index in [0.717, 1.165) is 24.9 Å². The molecular weight excluding hydrogens is 257 g/mol. The second kappa shape index (κ2) is 7.21. The molecule has 0 aliphatic carbocycles. The molecule has 1 N–H and O–H groups in total. The van der Waals surface area contributed by atoms with Crippen LogP contribution in [0.3, 0.4) is 0 Å². The van der Waals surface area contributed by atoms with Gasteiger partial charge in [-0.3, -0.25) is 0 Å². The third kappa shape index (κ3) is 6.31. The standard InChI is InChI=1S/C13H19F3N2O/c1-3-5-10(4-2)18-11-6-7-12(17-8-11)19-9-13(14,15)16/h6-8,10,18H,3-5,9H2,1-2H3. The molecule has 0 saturated heterocycles. The first kappa shape index (κ1) is 15.6. The third-order valence-electron chi connectivity index (χ3n) is 2.62. The van der Waals surface area contributed by atoms with E-state index < -0.39 is 12.8 Å². The van der Waals surface area contributed by atoms with Crippen LogP contribution in [0, 0.1) is 0 Å². The molecule has 3 nitrogen and oxygen atoms in total. The summed E-state index contributed by atoms with van der Waals surface area (Å²) < 4.78 is 40.4. The van der Waals surface area contributed by atoms with Crippen molar-refractivity contribution in [3.63, 3.8) is 0 Å². The third-order valence-corrected chi connectivity index (χ3v) is 2.62. The topological polar surface area (TPSA) is 34.1 Å². The van der Waals surface area contributed by atoms with Gasteiger partial charge in [-0.25, -0.2) is 4.98 Å². The first-order valence-electron chi connectivity index (χ1n) is 6.36. The van der Waals surface area contributed by atoms with Gasteiger partial charge in [0.05, 0.1) is 11.9 Å². The molecule has 0 aliphatic rings. The molecule has 0 amide bonds. The maximum Gasteiger partial charge on any atom is 0.422 e. The molecule has 0 bridgehead atoms. The van der Waals surface area contributed by atoms with E-state index in [1.807, 2.05) is 0 Å². The number of hydrogen-bond acceptors (Lipinski definition) is 3. The molecule has 0 spiro atoms. The van der Waals surface area contributed by atoms with Crippen molar-refractivity contribution in [1.29, 1.82) is 0 Å². The fraction of sp³-hybridized carbons (Fsp3) is 0.615. The van der Waals surface area contributed by atoms with Crippen molar-refractivity contribution < 1.29 is 17.9 Å². The summed E-state index contributed by atoms with van der Waals surface area (Å²) in [7, 11) is 0. The number of pyridine rings is 1. The van der Waals surface area contributed by atoms with Crippen LogP contribution in [0.2, 0.25) is 0 Å². The SMILES string of the molecule is CCCC(CC)Nc1ccc(OCC(F)(F)F)nc1. The van der Waals surface area contributed by atoms with Crippen molar-refractivity contribution in [2.75, 3.05) is 11.9 Å². The Bertz CT molecular complexity index is 365. The van der Waals surface area contributed by atoms with Gasteiger partial charge in [-0.2, -0.15) is 13.2 Å². The second-order valence-electron chi connectivity index (χ2n) is 4.33. The van der Waals surface area contributed by atoms with Gasteiger partial charge in [-0.1, -0.05) is 20.3 Å². The fourth-order valence-electron chi connectivity index (χ4n) is 1.67. The minimum atomic E-state index is -4.34. The maximum atomic E-state index is 12.0. The Morgan fingerprint density at radius 2 is 2.05 bits per heavy atom. The minimum absolute atomic E-state index is 0.0218. The monoisotopic (exact) mass is 276 g/mol. The average molecular weight is 276 g/mol. The molecule has 1 aromatic rings. The van der Waals surface area contributed by atoms with Gasteiger partial charge in [0.1, 0.15) is 0 Å². The Morgan fingerprint density at radius 3 is 2.53 bits per heavy atom. The van der Waals surface area contributed by atoms with Gasteiger partial charge >= 0.3 is 6.18 Å². The smallest absolute Gasteiger partial charge is 0.422 e. The van der Waals surface area contributed by atoms with Crippen molar-refractivity contribution in [3.05, 3.63) is 18.3 Å². The molecule has 0 fully saturated rings. The van der Waals surface area contributed by atoms with Crippen LogP contribution in [0.5, 0.6) is 5.88 Å². The lowest BCUT2D eigenvalue weighted by Gasteiger charge is -2.17. The Morgan fingerprint density at radius 1 is 1.32 bits per heavy atom. The van der Waals surface area contributed by atoms with Crippen molar-refractivity contribution in [2.45, 2.75) is 45.3 Å². The quantitative estimate of drug-likeness (QED) is 0.817. The number of alkyl halides is 3. The van der Waals surface area contributed by atoms with Gasteiger partial charge < -0.3 is 10.1 Å². The number of rotatable bonds is 7. The van der Waals surface area contributed by atoms with E-state index in [-0.39, 0.29) is 5.88 Å². The van der Waals surface area contributed by atoms with E-state index in [0.29, 0.717) is 6.04 Å². The zero-order valence-corrected chi connectivity index (χ0v) is 11.1. The Hall–Kier alpha value is -1.46. The number of halogens is 3. The lowest BCUT2D eigenvalue weighted by Crippen LogP contribution is -2.20. The summed E-state index contributed by atoms with van der Waals surface area (Å²) in [4.78, 5) is 3.84. The van der Waals surface area contributed by atoms with E-state index in [1.165, 1.54) is 12.3 Å². The first-order valence-corrected chi connectivity index (χ1v) is 6.36. The van der Waals surface area contributed by atoms with Crippen LogP contribution in [0.4, 0.5) is 18.9 Å². The molecule has 1 heterocycles. The number of anilines is 1. The predicted molar refractivity (Wildman–Crippen MR) is 68.4 cm³/mol. The van der Waals surface area contributed by atoms with E-state index in [2.05, 4.69) is 28.9 Å². The molecule has 0 aliphatic heterocycles. The lowest BCUT2D eigenvalue weighted by molar-refractivity contribution is -0.154. The maximum absolute atomic E-state index is 12.0. The number of nitrogens with zero attached hydrogens (tertiary/aromatic N) is 1. The van der Waals surface area contributed by atoms with Gasteiger partial charge in [0.15, 0.2) is 6.61 Å². The zero-order chi connectivity index (χ0) is 14.3. The molecule has 0 saturated carbocycles. The molecule has 108 valence electrons. The van der Waals surface area contributed by atoms with Crippen molar-refractivity contribution >= 4 is 5.69 Å². The number of ether oxygens (including phenoxy) is 1. The number of hydrogen-bond donors (Lipinski definition) is 1. The normalized spacial score (nSPS) is 13.1. The molecule has 1 rings (SSSR count). The summed E-state index contributed by atoms with van der Waals surface area (Å²) in [5.74, 6) is -0.0218. The van der Waals surface area contributed by atoms with Crippen molar-refractivity contribution in [2.24, 2.45) is 0 Å². The van der Waals surface area contributed by atoms with Crippen LogP contribution < -0.4 is 10.1 Å². The number of aromatic nitrogens is 1. The van der Waals surface area contributed by atoms with Crippen LogP contribution in [-0.4, -0.2) is 23.8 Å². The van der Waals surface area contributed by atoms with E-state index in [1.54, 1.807) is 6.07 Å². The highest BCUT2D eigenvalue weighted by Gasteiger charge is 2.28. The highest BCUT2D eigenvalue weighted by molar-refractivity contribution is 5.42. The Balaban J connectivity index is 2.51. The van der Waals surface area contributed by atoms with E-state index in [4.69, 9.17) is 0 Å². The van der Waals surface area contributed by atoms with E-state index >= 15 is 0 Å². The average Bonchev–Trinajstić information content (AvgIpc) is 2.36. The Labute approximate surface area is 111 Å². The van der Waals surface area contributed by atoms with Crippen molar-refractivity contribution in [3.8, 4) is 5.88 Å². The van der Waals surface area contributed by atoms with Crippen LogP contribution in [0.25, 0.3) is 0 Å². The van der Waals surface area contributed by atoms with Gasteiger partial charge in [0, 0.05) is 12.1 Å². The van der Waals surface area contributed by atoms with E-state index in [9.17, 15) is 13.2 Å². The fourth-order valence-corrected chi connectivity index (χ4v) is 1.67. The molecule has 1 aromatic heterocycles. The molecule has 0 radical (unpaired) electrons. The van der Waals surface area contributed by atoms with Crippen molar-refractivity contribution in [1.82, 2.24) is 4.98 Å². The highest BCUT2D eigenvalue weighted by Crippen LogP contribution is 2.19. The second-order valence-corrected chi connectivity index (χ2v) is 4.33. The van der Waals surface area contributed by atoms with Crippen LogP contribution in [0.1, 0.15) is 33.1 Å². The summed E-state index contributed by atoms with van der Waals surface area (Å²) in [6, 6.07) is 3.47. The molecule has 1 unspecified atom stereocenters. The van der Waals surface area contributed by atoms with Gasteiger partial charge in [-0.15, -0.1) is 0 Å². The predicted octanol–water partition coefficient (Wildman–Crippen LogP) is 4.01. The molecule has 19 heavy (non-hydrogen) atoms. The number of nitrogens with one attached hydrogen (secondary N) is 1. The lowest BCUT2D eigenvalue weighted by atomic mass is 10.1.